The second-order valence-corrected chi connectivity index (χ2v) is 3.96. The van der Waals surface area contributed by atoms with Crippen LogP contribution in [-0.4, -0.2) is 19.5 Å². The van der Waals surface area contributed by atoms with E-state index in [1.807, 2.05) is 36.0 Å². The molecule has 0 amide bonds. The Bertz CT molecular complexity index is 319. The van der Waals surface area contributed by atoms with Crippen molar-refractivity contribution in [3.63, 3.8) is 0 Å². The zero-order valence-electron chi connectivity index (χ0n) is 8.19. The van der Waals surface area contributed by atoms with Crippen molar-refractivity contribution in [2.24, 2.45) is 0 Å². The average Bonchev–Trinajstić information content (AvgIpc) is 2.25. The molecule has 1 rings (SSSR count). The van der Waals surface area contributed by atoms with Crippen LogP contribution >= 0.6 is 11.8 Å². The molecule has 14 heavy (non-hydrogen) atoms. The first-order valence-electron chi connectivity index (χ1n) is 4.42. The average molecular weight is 207 g/mol. The Labute approximate surface area is 88.9 Å². The van der Waals surface area contributed by atoms with Crippen LogP contribution in [0.25, 0.3) is 0 Å². The van der Waals surface area contributed by atoms with Crippen molar-refractivity contribution in [1.29, 1.82) is 5.26 Å². The molecule has 0 atom stereocenters. The summed E-state index contributed by atoms with van der Waals surface area (Å²) in [5.74, 6) is 1.94. The van der Waals surface area contributed by atoms with Crippen molar-refractivity contribution in [3.8, 4) is 6.07 Å². The number of rotatable bonds is 5. The lowest BCUT2D eigenvalue weighted by atomic mass is 10.2. The number of hydrogen-bond acceptors (Lipinski definition) is 3. The van der Waals surface area contributed by atoms with Gasteiger partial charge >= 0.3 is 0 Å². The van der Waals surface area contributed by atoms with Crippen molar-refractivity contribution in [2.75, 3.05) is 19.5 Å². The van der Waals surface area contributed by atoms with Gasteiger partial charge in [0.25, 0.3) is 0 Å². The third-order valence-electron chi connectivity index (χ3n) is 1.76. The van der Waals surface area contributed by atoms with Gasteiger partial charge in [-0.25, -0.2) is 0 Å². The minimum atomic E-state index is 0.731. The fourth-order valence-electron chi connectivity index (χ4n) is 1.06. The van der Waals surface area contributed by atoms with E-state index in [1.54, 1.807) is 7.11 Å². The van der Waals surface area contributed by atoms with E-state index in [0.29, 0.717) is 0 Å². The molecule has 0 aromatic heterocycles. The van der Waals surface area contributed by atoms with Crippen molar-refractivity contribution in [2.45, 2.75) is 5.75 Å². The second-order valence-electron chi connectivity index (χ2n) is 2.86. The minimum absolute atomic E-state index is 0.731. The van der Waals surface area contributed by atoms with E-state index >= 15 is 0 Å². The molecule has 0 radical (unpaired) electrons. The van der Waals surface area contributed by atoms with E-state index in [0.717, 1.165) is 23.7 Å². The zero-order chi connectivity index (χ0) is 10.2. The number of hydrogen-bond donors (Lipinski definition) is 0. The van der Waals surface area contributed by atoms with Crippen molar-refractivity contribution < 1.29 is 4.74 Å². The first-order chi connectivity index (χ1) is 6.86. The van der Waals surface area contributed by atoms with Gasteiger partial charge in [-0.15, -0.1) is 0 Å². The van der Waals surface area contributed by atoms with Crippen LogP contribution in [0.5, 0.6) is 0 Å². The Kier molecular flexibility index (Phi) is 5.13. The molecule has 0 bridgehead atoms. The summed E-state index contributed by atoms with van der Waals surface area (Å²) < 4.78 is 4.95. The second kappa shape index (κ2) is 6.47. The van der Waals surface area contributed by atoms with Crippen LogP contribution in [0.2, 0.25) is 0 Å². The van der Waals surface area contributed by atoms with E-state index in [-0.39, 0.29) is 0 Å². The number of methoxy groups -OCH3 is 1. The van der Waals surface area contributed by atoms with Crippen LogP contribution in [0.1, 0.15) is 11.1 Å². The fourth-order valence-corrected chi connectivity index (χ4v) is 1.91. The van der Waals surface area contributed by atoms with E-state index in [2.05, 4.69) is 6.07 Å². The monoisotopic (exact) mass is 207 g/mol. The molecule has 0 N–H and O–H groups in total. The smallest absolute Gasteiger partial charge is 0.0991 e. The largest absolute Gasteiger partial charge is 0.384 e. The van der Waals surface area contributed by atoms with Gasteiger partial charge in [0.05, 0.1) is 18.2 Å². The maximum atomic E-state index is 8.69. The van der Waals surface area contributed by atoms with E-state index in [9.17, 15) is 0 Å². The Balaban J connectivity index is 2.39. The van der Waals surface area contributed by atoms with Gasteiger partial charge in [0.15, 0.2) is 0 Å². The van der Waals surface area contributed by atoms with E-state index < -0.39 is 0 Å². The van der Waals surface area contributed by atoms with Crippen LogP contribution < -0.4 is 0 Å². The normalized spacial score (nSPS) is 9.71. The fraction of sp³-hybridized carbons (Fsp3) is 0.364. The van der Waals surface area contributed by atoms with Crippen LogP contribution in [0.15, 0.2) is 24.3 Å². The predicted molar refractivity (Wildman–Crippen MR) is 59.2 cm³/mol. The molecule has 74 valence electrons. The van der Waals surface area contributed by atoms with Gasteiger partial charge in [-0.05, 0) is 17.7 Å². The molecule has 0 heterocycles. The van der Waals surface area contributed by atoms with Gasteiger partial charge < -0.3 is 4.74 Å². The third-order valence-corrected chi connectivity index (χ3v) is 2.75. The number of thioether (sulfide) groups is 1. The Morgan fingerprint density at radius 3 is 3.07 bits per heavy atom. The molecule has 0 aliphatic heterocycles. The highest BCUT2D eigenvalue weighted by atomic mass is 32.2. The molecule has 0 spiro atoms. The Hall–Kier alpha value is -0.980. The summed E-state index contributed by atoms with van der Waals surface area (Å²) >= 11 is 1.82. The first-order valence-corrected chi connectivity index (χ1v) is 5.58. The molecule has 0 saturated carbocycles. The summed E-state index contributed by atoms with van der Waals surface area (Å²) in [4.78, 5) is 0. The predicted octanol–water partition coefficient (Wildman–Crippen LogP) is 2.44. The summed E-state index contributed by atoms with van der Waals surface area (Å²) in [6.07, 6.45) is 0. The molecule has 2 nitrogen and oxygen atoms in total. The van der Waals surface area contributed by atoms with Gasteiger partial charge in [-0.1, -0.05) is 12.1 Å². The summed E-state index contributed by atoms with van der Waals surface area (Å²) in [7, 11) is 1.71. The van der Waals surface area contributed by atoms with Crippen molar-refractivity contribution in [3.05, 3.63) is 35.4 Å². The zero-order valence-corrected chi connectivity index (χ0v) is 9.01. The molecule has 0 saturated heterocycles. The molecule has 0 aliphatic rings. The van der Waals surface area contributed by atoms with Crippen LogP contribution in [0.4, 0.5) is 0 Å². The standard InChI is InChI=1S/C11H13NOS/c1-13-5-6-14-9-11-4-2-3-10(7-11)8-12/h2-4,7H,5-6,9H2,1H3. The van der Waals surface area contributed by atoms with E-state index in [1.165, 1.54) is 5.56 Å². The van der Waals surface area contributed by atoms with Gasteiger partial charge in [0.2, 0.25) is 0 Å². The topological polar surface area (TPSA) is 33.0 Å². The molecule has 1 aromatic carbocycles. The molecular formula is C11H13NOS. The quantitative estimate of drug-likeness (QED) is 0.695. The Morgan fingerprint density at radius 2 is 2.36 bits per heavy atom. The van der Waals surface area contributed by atoms with Gasteiger partial charge in [0, 0.05) is 18.6 Å². The number of nitrogens with zero attached hydrogens (tertiary/aromatic N) is 1. The van der Waals surface area contributed by atoms with Crippen molar-refractivity contribution >= 4 is 11.8 Å². The van der Waals surface area contributed by atoms with Crippen molar-refractivity contribution in [1.82, 2.24) is 0 Å². The number of ether oxygens (including phenoxy) is 1. The first kappa shape index (κ1) is 11.1. The molecule has 0 aliphatic carbocycles. The van der Waals surface area contributed by atoms with Gasteiger partial charge in [0.1, 0.15) is 0 Å². The third kappa shape index (κ3) is 3.82. The highest BCUT2D eigenvalue weighted by Crippen LogP contribution is 2.13. The molecule has 1 aromatic rings. The van der Waals surface area contributed by atoms with E-state index in [4.69, 9.17) is 10.00 Å². The molecular weight excluding hydrogens is 194 g/mol. The summed E-state index contributed by atoms with van der Waals surface area (Å²) in [6.45, 7) is 0.780. The molecule has 0 unspecified atom stereocenters. The Morgan fingerprint density at radius 1 is 1.50 bits per heavy atom. The summed E-state index contributed by atoms with van der Waals surface area (Å²) in [5, 5.41) is 8.69. The maximum Gasteiger partial charge on any atom is 0.0991 e. The minimum Gasteiger partial charge on any atom is -0.384 e. The highest BCUT2D eigenvalue weighted by Gasteiger charge is 1.95. The number of benzene rings is 1. The lowest BCUT2D eigenvalue weighted by Crippen LogP contribution is -1.92. The van der Waals surface area contributed by atoms with Crippen LogP contribution in [0, 0.1) is 11.3 Å². The SMILES string of the molecule is COCCSCc1cccc(C#N)c1. The molecule has 3 heteroatoms. The highest BCUT2D eigenvalue weighted by molar-refractivity contribution is 7.98. The van der Waals surface area contributed by atoms with Gasteiger partial charge in [-0.3, -0.25) is 0 Å². The summed E-state index contributed by atoms with van der Waals surface area (Å²) in [6, 6.07) is 9.85. The number of nitriles is 1. The lowest BCUT2D eigenvalue weighted by Gasteiger charge is -2.01. The van der Waals surface area contributed by atoms with Crippen LogP contribution in [0.3, 0.4) is 0 Å². The maximum absolute atomic E-state index is 8.69. The van der Waals surface area contributed by atoms with Gasteiger partial charge in [-0.2, -0.15) is 17.0 Å². The lowest BCUT2D eigenvalue weighted by molar-refractivity contribution is 0.218. The van der Waals surface area contributed by atoms with Crippen LogP contribution in [-0.2, 0) is 10.5 Å². The molecule has 0 fully saturated rings. The summed E-state index contributed by atoms with van der Waals surface area (Å²) in [5.41, 5.74) is 1.93.